The van der Waals surface area contributed by atoms with Gasteiger partial charge in [-0.05, 0) is 44.2 Å². The van der Waals surface area contributed by atoms with Crippen molar-refractivity contribution in [2.24, 2.45) is 0 Å². The van der Waals surface area contributed by atoms with Crippen molar-refractivity contribution < 1.29 is 9.53 Å². The Morgan fingerprint density at radius 1 is 1.29 bits per heavy atom. The SMILES string of the molecule is Cc1cc(=O)n2nc(COC(=O)c3cc4c(s3)CCCC4)sc2n1. The van der Waals surface area contributed by atoms with Gasteiger partial charge < -0.3 is 4.74 Å². The molecule has 24 heavy (non-hydrogen) atoms. The van der Waals surface area contributed by atoms with Crippen LogP contribution in [0.3, 0.4) is 0 Å². The Balaban J connectivity index is 1.50. The van der Waals surface area contributed by atoms with Gasteiger partial charge in [0.15, 0.2) is 5.01 Å². The van der Waals surface area contributed by atoms with Crippen molar-refractivity contribution in [3.63, 3.8) is 0 Å². The predicted molar refractivity (Wildman–Crippen MR) is 92.0 cm³/mol. The summed E-state index contributed by atoms with van der Waals surface area (Å²) in [5, 5.41) is 4.73. The Kier molecular flexibility index (Phi) is 3.93. The summed E-state index contributed by atoms with van der Waals surface area (Å²) in [6.07, 6.45) is 4.48. The van der Waals surface area contributed by atoms with Crippen LogP contribution in [-0.2, 0) is 24.2 Å². The number of ether oxygens (including phenoxy) is 1. The molecule has 124 valence electrons. The van der Waals surface area contributed by atoms with E-state index in [1.165, 1.54) is 56.5 Å². The fourth-order valence-electron chi connectivity index (χ4n) is 2.81. The van der Waals surface area contributed by atoms with Crippen LogP contribution in [-0.4, -0.2) is 20.6 Å². The Labute approximate surface area is 145 Å². The van der Waals surface area contributed by atoms with Crippen molar-refractivity contribution in [1.29, 1.82) is 0 Å². The average Bonchev–Trinajstić information content (AvgIpc) is 3.16. The van der Waals surface area contributed by atoms with Gasteiger partial charge in [0.25, 0.3) is 5.56 Å². The molecule has 1 aliphatic carbocycles. The highest BCUT2D eigenvalue weighted by Crippen LogP contribution is 2.30. The molecule has 8 heteroatoms. The highest BCUT2D eigenvalue weighted by Gasteiger charge is 2.19. The second-order valence-corrected chi connectivity index (χ2v) is 7.95. The molecule has 1 aliphatic rings. The van der Waals surface area contributed by atoms with Gasteiger partial charge in [-0.1, -0.05) is 11.3 Å². The first-order chi connectivity index (χ1) is 11.6. The van der Waals surface area contributed by atoms with Gasteiger partial charge in [-0.15, -0.1) is 11.3 Å². The van der Waals surface area contributed by atoms with Crippen molar-refractivity contribution in [1.82, 2.24) is 14.6 Å². The number of carbonyl (C=O) groups excluding carboxylic acids is 1. The van der Waals surface area contributed by atoms with E-state index in [1.807, 2.05) is 6.07 Å². The van der Waals surface area contributed by atoms with Crippen LogP contribution in [0.4, 0.5) is 0 Å². The number of hydrogen-bond acceptors (Lipinski definition) is 7. The van der Waals surface area contributed by atoms with Gasteiger partial charge >= 0.3 is 5.97 Å². The van der Waals surface area contributed by atoms with Gasteiger partial charge in [0.05, 0.1) is 0 Å². The van der Waals surface area contributed by atoms with E-state index in [1.54, 1.807) is 6.92 Å². The maximum Gasteiger partial charge on any atom is 0.348 e. The zero-order chi connectivity index (χ0) is 16.7. The molecule has 0 aromatic carbocycles. The summed E-state index contributed by atoms with van der Waals surface area (Å²) in [5.41, 5.74) is 1.71. The van der Waals surface area contributed by atoms with Crippen LogP contribution in [0, 0.1) is 6.92 Å². The second-order valence-electron chi connectivity index (χ2n) is 5.77. The highest BCUT2D eigenvalue weighted by atomic mass is 32.1. The van der Waals surface area contributed by atoms with E-state index in [0.29, 0.717) is 20.5 Å². The molecule has 0 fully saturated rings. The predicted octanol–water partition coefficient (Wildman–Crippen LogP) is 2.76. The van der Waals surface area contributed by atoms with E-state index in [2.05, 4.69) is 10.1 Å². The fourth-order valence-corrected chi connectivity index (χ4v) is 4.81. The molecule has 0 spiro atoms. The quantitative estimate of drug-likeness (QED) is 0.671. The van der Waals surface area contributed by atoms with Gasteiger partial charge in [0, 0.05) is 16.6 Å². The van der Waals surface area contributed by atoms with E-state index < -0.39 is 0 Å². The lowest BCUT2D eigenvalue weighted by atomic mass is 9.99. The van der Waals surface area contributed by atoms with Gasteiger partial charge in [-0.25, -0.2) is 9.78 Å². The Morgan fingerprint density at radius 2 is 2.12 bits per heavy atom. The molecule has 0 atom stereocenters. The van der Waals surface area contributed by atoms with Crippen molar-refractivity contribution in [2.45, 2.75) is 39.2 Å². The van der Waals surface area contributed by atoms with Crippen molar-refractivity contribution in [2.75, 3.05) is 0 Å². The van der Waals surface area contributed by atoms with Crippen LogP contribution in [0.2, 0.25) is 0 Å². The molecule has 0 N–H and O–H groups in total. The van der Waals surface area contributed by atoms with Crippen LogP contribution in [0.25, 0.3) is 4.96 Å². The molecule has 6 nitrogen and oxygen atoms in total. The molecule has 3 aromatic rings. The van der Waals surface area contributed by atoms with E-state index >= 15 is 0 Å². The largest absolute Gasteiger partial charge is 0.454 e. The highest BCUT2D eigenvalue weighted by molar-refractivity contribution is 7.16. The van der Waals surface area contributed by atoms with Crippen molar-refractivity contribution >= 4 is 33.6 Å². The molecule has 4 rings (SSSR count). The van der Waals surface area contributed by atoms with Gasteiger partial charge in [-0.3, -0.25) is 4.79 Å². The number of aromatic nitrogens is 3. The average molecular weight is 361 g/mol. The molecule has 0 bridgehead atoms. The number of aryl methyl sites for hydroxylation is 3. The maximum atomic E-state index is 12.3. The lowest BCUT2D eigenvalue weighted by molar-refractivity contribution is 0.0477. The number of nitrogens with zero attached hydrogens (tertiary/aromatic N) is 3. The summed E-state index contributed by atoms with van der Waals surface area (Å²) in [4.78, 5) is 30.8. The molecule has 0 amide bonds. The number of carbonyl (C=O) groups is 1. The maximum absolute atomic E-state index is 12.3. The number of hydrogen-bond donors (Lipinski definition) is 0. The lowest BCUT2D eigenvalue weighted by Gasteiger charge is -2.08. The summed E-state index contributed by atoms with van der Waals surface area (Å²) >= 11 is 2.79. The fraction of sp³-hybridized carbons (Fsp3) is 0.375. The second kappa shape index (κ2) is 6.10. The molecule has 0 aliphatic heterocycles. The molecule has 3 aromatic heterocycles. The zero-order valence-electron chi connectivity index (χ0n) is 13.1. The molecule has 0 unspecified atom stereocenters. The molecule has 0 radical (unpaired) electrons. The smallest absolute Gasteiger partial charge is 0.348 e. The minimum absolute atomic E-state index is 0.0495. The first-order valence-corrected chi connectivity index (χ1v) is 9.38. The van der Waals surface area contributed by atoms with E-state index in [9.17, 15) is 9.59 Å². The third-order valence-electron chi connectivity index (χ3n) is 3.94. The van der Waals surface area contributed by atoms with Crippen molar-refractivity contribution in [3.8, 4) is 0 Å². The number of esters is 1. The van der Waals surface area contributed by atoms with E-state index in [4.69, 9.17) is 4.74 Å². The van der Waals surface area contributed by atoms with Gasteiger partial charge in [0.1, 0.15) is 11.5 Å². The van der Waals surface area contributed by atoms with Crippen LogP contribution >= 0.6 is 22.7 Å². The first-order valence-electron chi connectivity index (χ1n) is 7.75. The van der Waals surface area contributed by atoms with Crippen LogP contribution in [0.15, 0.2) is 16.9 Å². The number of fused-ring (bicyclic) bond motifs is 2. The minimum atomic E-state index is -0.329. The van der Waals surface area contributed by atoms with E-state index in [-0.39, 0.29) is 18.1 Å². The Bertz CT molecular complexity index is 963. The van der Waals surface area contributed by atoms with E-state index in [0.717, 1.165) is 12.8 Å². The summed E-state index contributed by atoms with van der Waals surface area (Å²) < 4.78 is 6.61. The minimum Gasteiger partial charge on any atom is -0.454 e. The summed E-state index contributed by atoms with van der Waals surface area (Å²) in [5.74, 6) is -0.329. The Hall–Kier alpha value is -2.06. The van der Waals surface area contributed by atoms with Crippen LogP contribution < -0.4 is 5.56 Å². The lowest BCUT2D eigenvalue weighted by Crippen LogP contribution is -2.14. The first kappa shape index (κ1) is 15.5. The molecule has 0 saturated heterocycles. The molecule has 3 heterocycles. The molecule has 0 saturated carbocycles. The number of thiophene rings is 1. The van der Waals surface area contributed by atoms with Crippen LogP contribution in [0.5, 0.6) is 0 Å². The summed E-state index contributed by atoms with van der Waals surface area (Å²) in [6.45, 7) is 1.81. The Morgan fingerprint density at radius 3 is 2.96 bits per heavy atom. The third-order valence-corrected chi connectivity index (χ3v) is 6.04. The topological polar surface area (TPSA) is 73.6 Å². The summed E-state index contributed by atoms with van der Waals surface area (Å²) in [7, 11) is 0. The monoisotopic (exact) mass is 361 g/mol. The normalized spacial score (nSPS) is 13.9. The number of rotatable bonds is 3. The van der Waals surface area contributed by atoms with Gasteiger partial charge in [-0.2, -0.15) is 9.61 Å². The zero-order valence-corrected chi connectivity index (χ0v) is 14.7. The molecular formula is C16H15N3O3S2. The van der Waals surface area contributed by atoms with Gasteiger partial charge in [0.2, 0.25) is 4.96 Å². The van der Waals surface area contributed by atoms with Crippen LogP contribution in [0.1, 0.15) is 43.7 Å². The third kappa shape index (κ3) is 2.87. The summed E-state index contributed by atoms with van der Waals surface area (Å²) in [6, 6.07) is 3.38. The molecular weight excluding hydrogens is 346 g/mol. The standard InChI is InChI=1S/C16H15N3O3S2/c1-9-6-14(20)19-16(17-9)24-13(18-19)8-22-15(21)12-7-10-4-2-3-5-11(10)23-12/h6-7H,2-5,8H2,1H3. The van der Waals surface area contributed by atoms with Crippen molar-refractivity contribution in [3.05, 3.63) is 48.5 Å².